The monoisotopic (exact) mass is 263 g/mol. The molecule has 0 bridgehead atoms. The second-order valence-electron chi connectivity index (χ2n) is 6.19. The number of carbonyl (C=O) groups is 2. The molecule has 2 aliphatic carbocycles. The number of carboxylic acids is 1. The number of allylic oxidation sites excluding steroid dienone is 2. The van der Waals surface area contributed by atoms with E-state index in [-0.39, 0.29) is 11.8 Å². The molecule has 0 aromatic heterocycles. The van der Waals surface area contributed by atoms with Gasteiger partial charge < -0.3 is 10.0 Å². The fourth-order valence-corrected chi connectivity index (χ4v) is 4.01. The average molecular weight is 263 g/mol. The number of hydrogen-bond acceptors (Lipinski definition) is 2. The number of nitrogens with zero attached hydrogens (tertiary/aromatic N) is 1. The zero-order chi connectivity index (χ0) is 13.4. The Hall–Kier alpha value is -1.32. The van der Waals surface area contributed by atoms with E-state index in [1.54, 1.807) is 0 Å². The topological polar surface area (TPSA) is 57.6 Å². The Labute approximate surface area is 113 Å². The van der Waals surface area contributed by atoms with Crippen molar-refractivity contribution in [1.82, 2.24) is 4.90 Å². The van der Waals surface area contributed by atoms with Crippen LogP contribution in [0.4, 0.5) is 0 Å². The summed E-state index contributed by atoms with van der Waals surface area (Å²) in [5.41, 5.74) is 0. The predicted octanol–water partition coefficient (Wildman–Crippen LogP) is 1.91. The lowest BCUT2D eigenvalue weighted by Crippen LogP contribution is -2.41. The summed E-state index contributed by atoms with van der Waals surface area (Å²) in [6.07, 6.45) is 8.69. The van der Waals surface area contributed by atoms with Gasteiger partial charge in [0.05, 0.1) is 11.8 Å². The van der Waals surface area contributed by atoms with Gasteiger partial charge in [0.2, 0.25) is 5.91 Å². The molecule has 19 heavy (non-hydrogen) atoms. The van der Waals surface area contributed by atoms with Crippen LogP contribution >= 0.6 is 0 Å². The van der Waals surface area contributed by atoms with Gasteiger partial charge in [0, 0.05) is 13.1 Å². The Balaban J connectivity index is 1.69. The molecule has 0 aromatic carbocycles. The fourth-order valence-electron chi connectivity index (χ4n) is 4.01. The van der Waals surface area contributed by atoms with Crippen molar-refractivity contribution >= 4 is 11.9 Å². The summed E-state index contributed by atoms with van der Waals surface area (Å²) in [4.78, 5) is 25.8. The lowest BCUT2D eigenvalue weighted by Gasteiger charge is -2.29. The van der Waals surface area contributed by atoms with E-state index in [0.29, 0.717) is 24.7 Å². The van der Waals surface area contributed by atoms with Gasteiger partial charge >= 0.3 is 5.97 Å². The summed E-state index contributed by atoms with van der Waals surface area (Å²) in [5, 5.41) is 9.26. The Morgan fingerprint density at radius 1 is 1.00 bits per heavy atom. The van der Waals surface area contributed by atoms with E-state index in [0.717, 1.165) is 13.1 Å². The fraction of sp³-hybridized carbons (Fsp3) is 0.733. The third-order valence-electron chi connectivity index (χ3n) is 5.10. The third-order valence-corrected chi connectivity index (χ3v) is 5.10. The van der Waals surface area contributed by atoms with Crippen molar-refractivity contribution in [3.8, 4) is 0 Å². The van der Waals surface area contributed by atoms with Gasteiger partial charge in [-0.1, -0.05) is 18.6 Å². The highest BCUT2D eigenvalue weighted by molar-refractivity contribution is 5.85. The zero-order valence-corrected chi connectivity index (χ0v) is 11.1. The predicted molar refractivity (Wildman–Crippen MR) is 70.4 cm³/mol. The summed E-state index contributed by atoms with van der Waals surface area (Å²) in [7, 11) is 0. The standard InChI is InChI=1S/C15H21NO3/c17-14(12-6-1-2-7-13(12)15(18)19)16-8-10-4-3-5-11(10)9-16/h1-2,10-13H,3-9H2,(H,18,19)/t10?,11?,12-,13+/m1/s1. The molecule has 1 aliphatic heterocycles. The SMILES string of the molecule is O=C(O)[C@H]1CC=CC[C@H]1C(=O)N1CC2CCCC2C1. The molecule has 1 saturated heterocycles. The first-order valence-electron chi connectivity index (χ1n) is 7.33. The highest BCUT2D eigenvalue weighted by atomic mass is 16.4. The van der Waals surface area contributed by atoms with Crippen LogP contribution < -0.4 is 0 Å². The summed E-state index contributed by atoms with van der Waals surface area (Å²) >= 11 is 0. The summed E-state index contributed by atoms with van der Waals surface area (Å²) in [6, 6.07) is 0. The number of rotatable bonds is 2. The molecule has 2 unspecified atom stereocenters. The van der Waals surface area contributed by atoms with Gasteiger partial charge in [0.15, 0.2) is 0 Å². The van der Waals surface area contributed by atoms with Crippen LogP contribution in [0.2, 0.25) is 0 Å². The van der Waals surface area contributed by atoms with E-state index >= 15 is 0 Å². The minimum absolute atomic E-state index is 0.0751. The maximum Gasteiger partial charge on any atom is 0.307 e. The first kappa shape index (κ1) is 12.7. The van der Waals surface area contributed by atoms with Crippen molar-refractivity contribution in [3.63, 3.8) is 0 Å². The highest BCUT2D eigenvalue weighted by Gasteiger charge is 2.42. The molecule has 0 spiro atoms. The molecular formula is C15H21NO3. The quantitative estimate of drug-likeness (QED) is 0.774. The number of fused-ring (bicyclic) bond motifs is 1. The Morgan fingerprint density at radius 2 is 1.58 bits per heavy atom. The third kappa shape index (κ3) is 2.28. The number of aliphatic carboxylic acids is 1. The number of likely N-dealkylation sites (tertiary alicyclic amines) is 1. The van der Waals surface area contributed by atoms with Gasteiger partial charge in [-0.25, -0.2) is 0 Å². The van der Waals surface area contributed by atoms with E-state index in [1.165, 1.54) is 19.3 Å². The molecule has 3 rings (SSSR count). The van der Waals surface area contributed by atoms with Gasteiger partial charge in [-0.05, 0) is 37.5 Å². The molecule has 1 heterocycles. The van der Waals surface area contributed by atoms with E-state index in [2.05, 4.69) is 0 Å². The molecular weight excluding hydrogens is 242 g/mol. The van der Waals surface area contributed by atoms with Gasteiger partial charge in [-0.3, -0.25) is 9.59 Å². The number of hydrogen-bond donors (Lipinski definition) is 1. The van der Waals surface area contributed by atoms with Crippen molar-refractivity contribution in [1.29, 1.82) is 0 Å². The molecule has 1 amide bonds. The first-order valence-corrected chi connectivity index (χ1v) is 7.33. The number of carbonyl (C=O) groups excluding carboxylic acids is 1. The lowest BCUT2D eigenvalue weighted by molar-refractivity contribution is -0.150. The van der Waals surface area contributed by atoms with Gasteiger partial charge in [-0.15, -0.1) is 0 Å². The Bertz CT molecular complexity index is 406. The van der Waals surface area contributed by atoms with Gasteiger partial charge in [-0.2, -0.15) is 0 Å². The summed E-state index contributed by atoms with van der Waals surface area (Å²) < 4.78 is 0. The molecule has 4 nitrogen and oxygen atoms in total. The molecule has 3 aliphatic rings. The molecule has 4 heteroatoms. The maximum absolute atomic E-state index is 12.6. The molecule has 0 aromatic rings. The van der Waals surface area contributed by atoms with Crippen LogP contribution in [0.1, 0.15) is 32.1 Å². The van der Waals surface area contributed by atoms with Crippen LogP contribution in [0, 0.1) is 23.7 Å². The summed E-state index contributed by atoms with van der Waals surface area (Å²) in [5.74, 6) is -0.287. The minimum atomic E-state index is -0.831. The van der Waals surface area contributed by atoms with Gasteiger partial charge in [0.1, 0.15) is 0 Å². The van der Waals surface area contributed by atoms with E-state index < -0.39 is 11.9 Å². The van der Waals surface area contributed by atoms with Crippen molar-refractivity contribution in [3.05, 3.63) is 12.2 Å². The van der Waals surface area contributed by atoms with E-state index in [1.807, 2.05) is 17.1 Å². The number of amides is 1. The normalized spacial score (nSPS) is 37.4. The van der Waals surface area contributed by atoms with Crippen molar-refractivity contribution in [2.75, 3.05) is 13.1 Å². The van der Waals surface area contributed by atoms with Crippen LogP contribution in [0.3, 0.4) is 0 Å². The summed E-state index contributed by atoms with van der Waals surface area (Å²) in [6.45, 7) is 1.71. The van der Waals surface area contributed by atoms with Gasteiger partial charge in [0.25, 0.3) is 0 Å². The second kappa shape index (κ2) is 4.99. The molecule has 0 radical (unpaired) electrons. The van der Waals surface area contributed by atoms with Crippen LogP contribution in [-0.4, -0.2) is 35.0 Å². The van der Waals surface area contributed by atoms with Crippen molar-refractivity contribution in [2.24, 2.45) is 23.7 Å². The number of carboxylic acid groups (broad SMARTS) is 1. The Morgan fingerprint density at radius 3 is 2.16 bits per heavy atom. The first-order chi connectivity index (χ1) is 9.16. The molecule has 4 atom stereocenters. The molecule has 104 valence electrons. The maximum atomic E-state index is 12.6. The van der Waals surface area contributed by atoms with Crippen molar-refractivity contribution in [2.45, 2.75) is 32.1 Å². The van der Waals surface area contributed by atoms with Crippen LogP contribution in [0.15, 0.2) is 12.2 Å². The molecule has 1 saturated carbocycles. The second-order valence-corrected chi connectivity index (χ2v) is 6.19. The Kier molecular flexibility index (Phi) is 3.33. The smallest absolute Gasteiger partial charge is 0.307 e. The van der Waals surface area contributed by atoms with Crippen LogP contribution in [0.25, 0.3) is 0 Å². The van der Waals surface area contributed by atoms with Crippen LogP contribution in [-0.2, 0) is 9.59 Å². The van der Waals surface area contributed by atoms with Crippen molar-refractivity contribution < 1.29 is 14.7 Å². The molecule has 1 N–H and O–H groups in total. The van der Waals surface area contributed by atoms with Crippen LogP contribution in [0.5, 0.6) is 0 Å². The lowest BCUT2D eigenvalue weighted by atomic mass is 9.82. The zero-order valence-electron chi connectivity index (χ0n) is 11.1. The highest BCUT2D eigenvalue weighted by Crippen LogP contribution is 2.39. The van der Waals surface area contributed by atoms with E-state index in [4.69, 9.17) is 0 Å². The minimum Gasteiger partial charge on any atom is -0.481 e. The average Bonchev–Trinajstić information content (AvgIpc) is 2.98. The van der Waals surface area contributed by atoms with E-state index in [9.17, 15) is 14.7 Å². The largest absolute Gasteiger partial charge is 0.481 e. The molecule has 2 fully saturated rings.